The molecule has 140 valence electrons. The van der Waals surface area contributed by atoms with Crippen LogP contribution in [0.5, 0.6) is 5.75 Å². The Kier molecular flexibility index (Phi) is 3.98. The molecule has 4 rings (SSSR count). The number of nitrogens with zero attached hydrogens (tertiary/aromatic N) is 1. The van der Waals surface area contributed by atoms with Crippen LogP contribution in [-0.2, 0) is 17.6 Å². The SMILES string of the molecule is CC(=O)Nc1cc(C)cc2c1OC(C)(Cc1cc(C)cc3nc(C)oc13)C2. The van der Waals surface area contributed by atoms with E-state index in [4.69, 9.17) is 9.15 Å². The van der Waals surface area contributed by atoms with Crippen molar-refractivity contribution in [2.24, 2.45) is 0 Å². The van der Waals surface area contributed by atoms with Gasteiger partial charge in [0.05, 0.1) is 5.69 Å². The van der Waals surface area contributed by atoms with E-state index >= 15 is 0 Å². The number of carbonyl (C=O) groups is 1. The summed E-state index contributed by atoms with van der Waals surface area (Å²) < 4.78 is 12.3. The Hall–Kier alpha value is -2.82. The number of aromatic nitrogens is 1. The smallest absolute Gasteiger partial charge is 0.221 e. The number of nitrogens with one attached hydrogen (secondary N) is 1. The molecule has 27 heavy (non-hydrogen) atoms. The van der Waals surface area contributed by atoms with Gasteiger partial charge in [-0.3, -0.25) is 4.79 Å². The van der Waals surface area contributed by atoms with Crippen molar-refractivity contribution >= 4 is 22.7 Å². The lowest BCUT2D eigenvalue weighted by Crippen LogP contribution is -2.33. The van der Waals surface area contributed by atoms with Gasteiger partial charge in [-0.1, -0.05) is 12.1 Å². The van der Waals surface area contributed by atoms with E-state index in [2.05, 4.69) is 36.3 Å². The molecule has 5 heteroatoms. The molecule has 2 heterocycles. The van der Waals surface area contributed by atoms with Gasteiger partial charge in [-0.25, -0.2) is 4.98 Å². The van der Waals surface area contributed by atoms with Crippen LogP contribution in [0.25, 0.3) is 11.1 Å². The van der Waals surface area contributed by atoms with Crippen molar-refractivity contribution in [2.75, 3.05) is 5.32 Å². The summed E-state index contributed by atoms with van der Waals surface area (Å²) in [4.78, 5) is 16.1. The molecule has 1 aliphatic rings. The second-order valence-electron chi connectivity index (χ2n) is 7.89. The van der Waals surface area contributed by atoms with Gasteiger partial charge in [0.25, 0.3) is 0 Å². The number of fused-ring (bicyclic) bond motifs is 2. The monoisotopic (exact) mass is 364 g/mol. The van der Waals surface area contributed by atoms with Gasteiger partial charge in [0.2, 0.25) is 5.91 Å². The molecule has 1 atom stereocenters. The molecule has 2 aromatic carbocycles. The van der Waals surface area contributed by atoms with Crippen molar-refractivity contribution < 1.29 is 13.9 Å². The van der Waals surface area contributed by atoms with E-state index in [1.54, 1.807) is 0 Å². The van der Waals surface area contributed by atoms with Crippen LogP contribution in [0.1, 0.15) is 42.0 Å². The zero-order valence-corrected chi connectivity index (χ0v) is 16.4. The van der Waals surface area contributed by atoms with Crippen molar-refractivity contribution in [3.8, 4) is 5.75 Å². The average molecular weight is 364 g/mol. The molecule has 0 bridgehead atoms. The number of oxazole rings is 1. The standard InChI is InChI=1S/C22H24N2O3/c1-12-6-16(20-18(8-12)24-15(4)26-20)10-22(5)11-17-7-13(2)9-19(21(17)27-22)23-14(3)25/h6-9H,10-11H2,1-5H3,(H,23,25). The Labute approximate surface area is 158 Å². The maximum Gasteiger partial charge on any atom is 0.221 e. The summed E-state index contributed by atoms with van der Waals surface area (Å²) >= 11 is 0. The number of hydrogen-bond donors (Lipinski definition) is 1. The molecule has 1 amide bonds. The van der Waals surface area contributed by atoms with Crippen LogP contribution in [0, 0.1) is 20.8 Å². The van der Waals surface area contributed by atoms with Crippen LogP contribution in [0.2, 0.25) is 0 Å². The Bertz CT molecular complexity index is 1070. The molecule has 0 saturated carbocycles. The third-order valence-electron chi connectivity index (χ3n) is 4.92. The molecule has 1 N–H and O–H groups in total. The van der Waals surface area contributed by atoms with E-state index in [0.717, 1.165) is 51.2 Å². The number of benzene rings is 2. The molecule has 5 nitrogen and oxygen atoms in total. The maximum atomic E-state index is 11.6. The highest BCUT2D eigenvalue weighted by Crippen LogP contribution is 2.43. The number of carbonyl (C=O) groups excluding carboxylic acids is 1. The maximum absolute atomic E-state index is 11.6. The topological polar surface area (TPSA) is 64.4 Å². The second-order valence-corrected chi connectivity index (χ2v) is 7.89. The van der Waals surface area contributed by atoms with Crippen LogP contribution in [-0.4, -0.2) is 16.5 Å². The van der Waals surface area contributed by atoms with Gasteiger partial charge in [-0.15, -0.1) is 0 Å². The van der Waals surface area contributed by atoms with Gasteiger partial charge < -0.3 is 14.5 Å². The molecule has 0 spiro atoms. The molecule has 1 aliphatic heterocycles. The summed E-state index contributed by atoms with van der Waals surface area (Å²) in [5.74, 6) is 1.34. The molecule has 3 aromatic rings. The van der Waals surface area contributed by atoms with Crippen LogP contribution in [0.4, 0.5) is 5.69 Å². The summed E-state index contributed by atoms with van der Waals surface area (Å²) in [5, 5.41) is 2.90. The fourth-order valence-electron chi connectivity index (χ4n) is 4.07. The van der Waals surface area contributed by atoms with E-state index in [1.807, 2.05) is 26.0 Å². The first-order valence-corrected chi connectivity index (χ1v) is 9.19. The lowest BCUT2D eigenvalue weighted by Gasteiger charge is -2.24. The van der Waals surface area contributed by atoms with E-state index < -0.39 is 5.60 Å². The van der Waals surface area contributed by atoms with Crippen molar-refractivity contribution in [1.82, 2.24) is 4.98 Å². The van der Waals surface area contributed by atoms with Crippen LogP contribution < -0.4 is 10.1 Å². The lowest BCUT2D eigenvalue weighted by molar-refractivity contribution is -0.114. The largest absolute Gasteiger partial charge is 0.484 e. The number of aryl methyl sites for hydroxylation is 3. The zero-order valence-electron chi connectivity index (χ0n) is 16.4. The first-order valence-electron chi connectivity index (χ1n) is 9.19. The van der Waals surface area contributed by atoms with E-state index in [0.29, 0.717) is 12.3 Å². The minimum Gasteiger partial charge on any atom is -0.484 e. The Balaban J connectivity index is 1.71. The van der Waals surface area contributed by atoms with Crippen LogP contribution in [0.15, 0.2) is 28.7 Å². The number of anilines is 1. The van der Waals surface area contributed by atoms with Crippen molar-refractivity contribution in [2.45, 2.75) is 53.1 Å². The first kappa shape index (κ1) is 17.6. The third-order valence-corrected chi connectivity index (χ3v) is 4.92. The average Bonchev–Trinajstić information content (AvgIpc) is 3.05. The Morgan fingerprint density at radius 2 is 1.93 bits per heavy atom. The summed E-state index contributed by atoms with van der Waals surface area (Å²) in [6.07, 6.45) is 1.48. The fourth-order valence-corrected chi connectivity index (χ4v) is 4.07. The predicted octanol–water partition coefficient (Wildman–Crippen LogP) is 4.65. The number of rotatable bonds is 3. The summed E-state index contributed by atoms with van der Waals surface area (Å²) in [6, 6.07) is 8.28. The summed E-state index contributed by atoms with van der Waals surface area (Å²) in [7, 11) is 0. The highest BCUT2D eigenvalue weighted by molar-refractivity contribution is 5.91. The fraction of sp³-hybridized carbons (Fsp3) is 0.364. The predicted molar refractivity (Wildman–Crippen MR) is 105 cm³/mol. The van der Waals surface area contributed by atoms with Crippen molar-refractivity contribution in [3.05, 3.63) is 52.4 Å². The van der Waals surface area contributed by atoms with Gasteiger partial charge in [-0.05, 0) is 44.0 Å². The van der Waals surface area contributed by atoms with Gasteiger partial charge in [0.1, 0.15) is 16.9 Å². The molecule has 0 aliphatic carbocycles. The number of ether oxygens (including phenoxy) is 1. The summed E-state index contributed by atoms with van der Waals surface area (Å²) in [6.45, 7) is 9.58. The molecular weight excluding hydrogens is 340 g/mol. The molecule has 0 fully saturated rings. The van der Waals surface area contributed by atoms with Gasteiger partial charge in [0, 0.05) is 37.8 Å². The number of hydrogen-bond acceptors (Lipinski definition) is 4. The third kappa shape index (κ3) is 3.29. The molecule has 0 saturated heterocycles. The van der Waals surface area contributed by atoms with Gasteiger partial charge in [0.15, 0.2) is 11.5 Å². The highest BCUT2D eigenvalue weighted by atomic mass is 16.5. The Morgan fingerprint density at radius 1 is 1.19 bits per heavy atom. The van der Waals surface area contributed by atoms with Crippen LogP contribution >= 0.6 is 0 Å². The highest BCUT2D eigenvalue weighted by Gasteiger charge is 2.37. The second kappa shape index (κ2) is 6.12. The normalized spacial score (nSPS) is 18.4. The molecule has 1 aromatic heterocycles. The van der Waals surface area contributed by atoms with Gasteiger partial charge in [-0.2, -0.15) is 0 Å². The van der Waals surface area contributed by atoms with E-state index in [9.17, 15) is 4.79 Å². The van der Waals surface area contributed by atoms with Crippen molar-refractivity contribution in [1.29, 1.82) is 0 Å². The lowest BCUT2D eigenvalue weighted by atomic mass is 9.90. The Morgan fingerprint density at radius 3 is 2.67 bits per heavy atom. The molecule has 1 unspecified atom stereocenters. The van der Waals surface area contributed by atoms with Crippen molar-refractivity contribution in [3.63, 3.8) is 0 Å². The zero-order chi connectivity index (χ0) is 19.3. The first-order chi connectivity index (χ1) is 12.7. The molecule has 0 radical (unpaired) electrons. The molecular formula is C22H24N2O3. The minimum atomic E-state index is -0.412. The number of amides is 1. The quantitative estimate of drug-likeness (QED) is 0.735. The van der Waals surface area contributed by atoms with Gasteiger partial charge >= 0.3 is 0 Å². The van der Waals surface area contributed by atoms with E-state index in [-0.39, 0.29) is 5.91 Å². The van der Waals surface area contributed by atoms with Crippen LogP contribution in [0.3, 0.4) is 0 Å². The summed E-state index contributed by atoms with van der Waals surface area (Å²) in [5.41, 5.74) is 6.52. The van der Waals surface area contributed by atoms with E-state index in [1.165, 1.54) is 6.92 Å². The minimum absolute atomic E-state index is 0.0995.